The molecule has 0 aliphatic carbocycles. The van der Waals surface area contributed by atoms with Gasteiger partial charge in [0.05, 0.1) is 31.2 Å². The summed E-state index contributed by atoms with van der Waals surface area (Å²) in [6.45, 7) is 6.20. The van der Waals surface area contributed by atoms with Gasteiger partial charge in [0.1, 0.15) is 17.7 Å². The molecule has 2 aromatic carbocycles. The van der Waals surface area contributed by atoms with E-state index in [1.807, 2.05) is 32.5 Å². The average Bonchev–Trinajstić information content (AvgIpc) is 3.80. The van der Waals surface area contributed by atoms with Crippen molar-refractivity contribution in [3.8, 4) is 11.5 Å². The van der Waals surface area contributed by atoms with Gasteiger partial charge >= 0.3 is 6.03 Å². The molecule has 12 nitrogen and oxygen atoms in total. The van der Waals surface area contributed by atoms with Gasteiger partial charge in [-0.3, -0.25) is 4.90 Å². The number of carbonyl (C=O) groups excluding carboxylic acids is 1. The van der Waals surface area contributed by atoms with Crippen molar-refractivity contribution < 1.29 is 4.79 Å². The van der Waals surface area contributed by atoms with Crippen LogP contribution in [0.25, 0.3) is 11.5 Å². The third-order valence-corrected chi connectivity index (χ3v) is 8.99. The number of carbonyl (C=O) groups is 1. The van der Waals surface area contributed by atoms with Gasteiger partial charge in [-0.05, 0) is 17.5 Å². The number of nitrogen functional groups attached to an aromatic ring is 1. The Bertz CT molecular complexity index is 1650. The fraction of sp³-hybridized carbons (Fsp3) is 0.429. The summed E-state index contributed by atoms with van der Waals surface area (Å²) in [6, 6.07) is 20.9. The predicted molar refractivity (Wildman–Crippen MR) is 182 cm³/mol. The lowest BCUT2D eigenvalue weighted by molar-refractivity contribution is 0.0874. The smallest absolute Gasteiger partial charge is 0.317 e. The normalized spacial score (nSPS) is 15.1. The molecule has 3 aliphatic rings. The van der Waals surface area contributed by atoms with Crippen molar-refractivity contribution in [1.82, 2.24) is 49.6 Å². The number of hydrogen-bond acceptors (Lipinski definition) is 8. The van der Waals surface area contributed by atoms with Gasteiger partial charge in [0.25, 0.3) is 0 Å². The van der Waals surface area contributed by atoms with Crippen LogP contribution in [-0.2, 0) is 6.54 Å². The minimum absolute atomic E-state index is 0.0354. The van der Waals surface area contributed by atoms with Gasteiger partial charge in [-0.25, -0.2) is 24.4 Å². The number of piperazine rings is 1. The van der Waals surface area contributed by atoms with Crippen molar-refractivity contribution in [2.75, 3.05) is 38.5 Å². The van der Waals surface area contributed by atoms with E-state index in [2.05, 4.69) is 85.7 Å². The Morgan fingerprint density at radius 3 is 2.26 bits per heavy atom. The number of imidazole rings is 1. The molecule has 3 aliphatic heterocycles. The van der Waals surface area contributed by atoms with Crippen molar-refractivity contribution in [2.24, 2.45) is 0 Å². The van der Waals surface area contributed by atoms with Crippen LogP contribution >= 0.6 is 0 Å². The van der Waals surface area contributed by atoms with Crippen LogP contribution in [0.1, 0.15) is 74.4 Å². The number of amides is 2. The van der Waals surface area contributed by atoms with E-state index in [1.54, 1.807) is 6.33 Å². The highest BCUT2D eigenvalue weighted by atomic mass is 16.2. The number of unbranched alkanes of at least 4 members (excludes halogenated alkanes) is 5. The Labute approximate surface area is 276 Å². The Kier molecular flexibility index (Phi) is 10.7. The van der Waals surface area contributed by atoms with Crippen LogP contribution in [0.2, 0.25) is 0 Å². The zero-order valence-electron chi connectivity index (χ0n) is 27.2. The highest BCUT2D eigenvalue weighted by Gasteiger charge is 2.35. The van der Waals surface area contributed by atoms with Gasteiger partial charge in [0.2, 0.25) is 0 Å². The van der Waals surface area contributed by atoms with Crippen LogP contribution in [0.5, 0.6) is 0 Å². The van der Waals surface area contributed by atoms with Gasteiger partial charge in [0.15, 0.2) is 11.6 Å². The maximum atomic E-state index is 13.0. The Hall–Kier alpha value is -4.84. The highest BCUT2D eigenvalue weighted by Crippen LogP contribution is 2.37. The first-order valence-electron chi connectivity index (χ1n) is 16.8. The first-order valence-corrected chi connectivity index (χ1v) is 16.8. The maximum Gasteiger partial charge on any atom is 0.317 e. The van der Waals surface area contributed by atoms with E-state index >= 15 is 0 Å². The van der Waals surface area contributed by atoms with E-state index in [4.69, 9.17) is 10.9 Å². The van der Waals surface area contributed by atoms with Crippen LogP contribution in [0, 0.1) is 0 Å². The molecule has 1 saturated heterocycles. The summed E-state index contributed by atoms with van der Waals surface area (Å²) in [5.41, 5.74) is 9.67. The molecule has 6 rings (SSSR count). The molecule has 1 fully saturated rings. The zero-order valence-corrected chi connectivity index (χ0v) is 27.2. The number of urea groups is 1. The third-order valence-electron chi connectivity index (χ3n) is 8.99. The maximum absolute atomic E-state index is 13.0. The SMILES string of the molecule is CCCCCCCCNC(=O)N1CCN([C@@H](c2ccccc2)[C@@H](c2ccccc2)n2cc(Cn3cnc(N)c4ncnc3-4)nn2)CC1. The number of rotatable bonds is 14. The standard InChI is InChI=1S/C35H45N11O/c1-2-3-4-5-6-13-18-37-35(47)44-21-19-43(20-22-44)31(27-14-9-7-10-15-27)32(28-16-11-8-12-17-28)46-24-29(41-42-46)23-45-26-40-33(36)30-34(45)39-25-38-30/h7-12,14-17,24-26,31-32H,2-6,13,18-23,36H2,1H3,(H,37,47)/t31-,32+/m0/s1. The fourth-order valence-electron chi connectivity index (χ4n) is 6.50. The molecule has 0 spiro atoms. The minimum Gasteiger partial charge on any atom is -0.382 e. The number of aromatic nitrogens is 7. The molecular formula is C35H45N11O. The third kappa shape index (κ3) is 7.76. The van der Waals surface area contributed by atoms with Crippen molar-refractivity contribution in [2.45, 2.75) is 64.1 Å². The quantitative estimate of drug-likeness (QED) is 0.163. The number of nitrogens with zero attached hydrogens (tertiary/aromatic N) is 9. The van der Waals surface area contributed by atoms with E-state index in [1.165, 1.54) is 44.0 Å². The Morgan fingerprint density at radius 2 is 1.53 bits per heavy atom. The van der Waals surface area contributed by atoms with Crippen molar-refractivity contribution in [3.63, 3.8) is 0 Å². The van der Waals surface area contributed by atoms with Gasteiger partial charge in [-0.2, -0.15) is 0 Å². The van der Waals surface area contributed by atoms with Crippen molar-refractivity contribution >= 4 is 11.8 Å². The van der Waals surface area contributed by atoms with E-state index in [0.717, 1.165) is 37.3 Å². The Morgan fingerprint density at radius 1 is 0.851 bits per heavy atom. The van der Waals surface area contributed by atoms with Gasteiger partial charge < -0.3 is 20.5 Å². The molecule has 0 bridgehead atoms. The molecule has 0 unspecified atom stereocenters. The van der Waals surface area contributed by atoms with Crippen molar-refractivity contribution in [1.29, 1.82) is 0 Å². The van der Waals surface area contributed by atoms with Crippen LogP contribution in [-0.4, -0.2) is 83.1 Å². The monoisotopic (exact) mass is 635 g/mol. The highest BCUT2D eigenvalue weighted by molar-refractivity contribution is 5.74. The number of nitrogens with one attached hydrogen (secondary N) is 1. The molecule has 4 heterocycles. The lowest BCUT2D eigenvalue weighted by Crippen LogP contribution is -2.53. The molecule has 3 N–H and O–H groups in total. The van der Waals surface area contributed by atoms with E-state index in [0.29, 0.717) is 37.0 Å². The van der Waals surface area contributed by atoms with E-state index in [-0.39, 0.29) is 18.1 Å². The van der Waals surface area contributed by atoms with Gasteiger partial charge in [-0.1, -0.05) is 105 Å². The van der Waals surface area contributed by atoms with Crippen LogP contribution in [0.4, 0.5) is 10.6 Å². The second-order valence-corrected chi connectivity index (χ2v) is 12.2. The molecule has 2 amide bonds. The van der Waals surface area contributed by atoms with Gasteiger partial charge in [-0.15, -0.1) is 5.10 Å². The molecule has 246 valence electrons. The van der Waals surface area contributed by atoms with Crippen LogP contribution in [0.15, 0.2) is 79.5 Å². The number of benzene rings is 2. The summed E-state index contributed by atoms with van der Waals surface area (Å²) in [4.78, 5) is 30.4. The van der Waals surface area contributed by atoms with Crippen LogP contribution < -0.4 is 11.1 Å². The summed E-state index contributed by atoms with van der Waals surface area (Å²) < 4.78 is 3.86. The van der Waals surface area contributed by atoms with E-state index in [9.17, 15) is 4.79 Å². The molecular weight excluding hydrogens is 590 g/mol. The Balaban J connectivity index is 1.20. The zero-order chi connectivity index (χ0) is 32.4. The number of fused-ring (bicyclic) bond motifs is 1. The minimum atomic E-state index is -0.166. The summed E-state index contributed by atoms with van der Waals surface area (Å²) in [7, 11) is 0. The molecule has 12 heteroatoms. The topological polar surface area (TPSA) is 136 Å². The molecule has 1 aromatic heterocycles. The van der Waals surface area contributed by atoms with E-state index < -0.39 is 0 Å². The fourth-order valence-corrected chi connectivity index (χ4v) is 6.50. The van der Waals surface area contributed by atoms with Crippen molar-refractivity contribution in [3.05, 3.63) is 96.3 Å². The summed E-state index contributed by atoms with van der Waals surface area (Å²) in [5.74, 6) is 1.00. The molecule has 0 saturated carbocycles. The number of anilines is 1. The lowest BCUT2D eigenvalue weighted by atomic mass is 9.91. The average molecular weight is 636 g/mol. The number of hydrogen-bond donors (Lipinski definition) is 2. The molecule has 3 aromatic rings. The first-order chi connectivity index (χ1) is 23.1. The second kappa shape index (κ2) is 15.6. The second-order valence-electron chi connectivity index (χ2n) is 12.2. The number of nitrogens with two attached hydrogens (primary N) is 1. The molecule has 0 radical (unpaired) electrons. The summed E-state index contributed by atoms with van der Waals surface area (Å²) in [6.07, 6.45) is 12.4. The first kappa shape index (κ1) is 32.1. The largest absolute Gasteiger partial charge is 0.382 e. The summed E-state index contributed by atoms with van der Waals surface area (Å²) >= 11 is 0. The molecule has 2 atom stereocenters. The van der Waals surface area contributed by atoms with Gasteiger partial charge in [0, 0.05) is 32.7 Å². The lowest BCUT2D eigenvalue weighted by Gasteiger charge is -2.42. The van der Waals surface area contributed by atoms with Crippen LogP contribution in [0.3, 0.4) is 0 Å². The summed E-state index contributed by atoms with van der Waals surface area (Å²) in [5, 5.41) is 12.4. The molecule has 47 heavy (non-hydrogen) atoms. The predicted octanol–water partition coefficient (Wildman–Crippen LogP) is 5.02.